The van der Waals surface area contributed by atoms with E-state index in [9.17, 15) is 4.79 Å². The number of fused-ring (bicyclic) bond motifs is 4. The van der Waals surface area contributed by atoms with Crippen molar-refractivity contribution in [3.63, 3.8) is 0 Å². The van der Waals surface area contributed by atoms with Gasteiger partial charge in [-0.1, -0.05) is 36.4 Å². The molecule has 6 heteroatoms. The lowest BCUT2D eigenvalue weighted by atomic mass is 9.96. The molecule has 5 heterocycles. The van der Waals surface area contributed by atoms with Crippen molar-refractivity contribution in [3.8, 4) is 11.3 Å². The van der Waals surface area contributed by atoms with Gasteiger partial charge in [-0.05, 0) is 85.0 Å². The molecule has 1 unspecified atom stereocenters. The minimum atomic E-state index is 0.0496. The SMILES string of the molecule is Cc1cccnc1-c1cccc2c(C(=O)N3CCc4cc5nccc(N6CCN7CCCC7C6)c5cc43)cccc12. The number of anilines is 2. The molecule has 2 fully saturated rings. The maximum atomic E-state index is 14.3. The monoisotopic (exact) mass is 539 g/mol. The van der Waals surface area contributed by atoms with Crippen molar-refractivity contribution >= 4 is 39.0 Å². The molecule has 204 valence electrons. The van der Waals surface area contributed by atoms with E-state index in [0.717, 1.165) is 75.8 Å². The topological polar surface area (TPSA) is 52.6 Å². The first kappa shape index (κ1) is 24.5. The Kier molecular flexibility index (Phi) is 5.78. The fourth-order valence-corrected chi connectivity index (χ4v) is 7.33. The molecule has 0 spiro atoms. The highest BCUT2D eigenvalue weighted by Crippen LogP contribution is 2.39. The maximum absolute atomic E-state index is 14.3. The van der Waals surface area contributed by atoms with E-state index in [4.69, 9.17) is 4.98 Å². The minimum Gasteiger partial charge on any atom is -0.368 e. The van der Waals surface area contributed by atoms with Gasteiger partial charge in [0.1, 0.15) is 0 Å². The number of rotatable bonds is 3. The third-order valence-corrected chi connectivity index (χ3v) is 9.40. The number of benzene rings is 3. The summed E-state index contributed by atoms with van der Waals surface area (Å²) in [7, 11) is 0. The van der Waals surface area contributed by atoms with E-state index >= 15 is 0 Å². The van der Waals surface area contributed by atoms with Gasteiger partial charge in [0, 0.05) is 72.5 Å². The molecular formula is C35H33N5O. The van der Waals surface area contributed by atoms with Crippen LogP contribution in [0.25, 0.3) is 32.9 Å². The average molecular weight is 540 g/mol. The Labute approximate surface area is 240 Å². The number of hydrogen-bond acceptors (Lipinski definition) is 5. The number of piperazine rings is 1. The zero-order valence-corrected chi connectivity index (χ0v) is 23.4. The van der Waals surface area contributed by atoms with Gasteiger partial charge < -0.3 is 9.80 Å². The van der Waals surface area contributed by atoms with Gasteiger partial charge in [0.15, 0.2) is 0 Å². The lowest BCUT2D eigenvalue weighted by Crippen LogP contribution is -2.50. The van der Waals surface area contributed by atoms with Gasteiger partial charge >= 0.3 is 0 Å². The normalized spacial score (nSPS) is 18.7. The van der Waals surface area contributed by atoms with Crippen LogP contribution in [-0.4, -0.2) is 59.5 Å². The second kappa shape index (κ2) is 9.67. The fraction of sp³-hybridized carbons (Fsp3) is 0.286. The quantitative estimate of drug-likeness (QED) is 0.271. The summed E-state index contributed by atoms with van der Waals surface area (Å²) in [5.41, 5.74) is 8.34. The molecule has 3 aliphatic rings. The molecule has 3 aromatic carbocycles. The highest BCUT2D eigenvalue weighted by atomic mass is 16.2. The largest absolute Gasteiger partial charge is 0.368 e. The zero-order chi connectivity index (χ0) is 27.5. The molecule has 5 aromatic rings. The summed E-state index contributed by atoms with van der Waals surface area (Å²) in [6.07, 6.45) is 7.20. The molecule has 0 aliphatic carbocycles. The van der Waals surface area contributed by atoms with Crippen LogP contribution >= 0.6 is 0 Å². The standard InChI is InChI=1S/C35H33N5O/c1-23-6-4-14-37-34(23)28-10-2-9-27-26(28)8-3-11-29(27)35(41)40-17-13-24-20-31-30(21-33(24)40)32(12-15-36-31)39-19-18-38-16-5-7-25(38)22-39/h2-4,6,8-12,14-15,20-21,25H,5,7,13,16-19,22H2,1H3. The third-order valence-electron chi connectivity index (χ3n) is 9.40. The molecule has 0 bridgehead atoms. The number of pyridine rings is 2. The second-order valence-electron chi connectivity index (χ2n) is 11.7. The van der Waals surface area contributed by atoms with Crippen molar-refractivity contribution < 1.29 is 4.79 Å². The molecule has 2 saturated heterocycles. The molecule has 8 rings (SSSR count). The molecule has 2 aromatic heterocycles. The Morgan fingerprint density at radius 2 is 1.73 bits per heavy atom. The highest BCUT2D eigenvalue weighted by Gasteiger charge is 2.32. The first-order chi connectivity index (χ1) is 20.2. The molecule has 0 radical (unpaired) electrons. The Bertz CT molecular complexity index is 1830. The van der Waals surface area contributed by atoms with Crippen molar-refractivity contribution in [1.82, 2.24) is 14.9 Å². The zero-order valence-electron chi connectivity index (χ0n) is 23.4. The van der Waals surface area contributed by atoms with Crippen LogP contribution in [0.2, 0.25) is 0 Å². The predicted molar refractivity (Wildman–Crippen MR) is 166 cm³/mol. The van der Waals surface area contributed by atoms with Gasteiger partial charge in [-0.15, -0.1) is 0 Å². The summed E-state index contributed by atoms with van der Waals surface area (Å²) in [6, 6.07) is 23.5. The van der Waals surface area contributed by atoms with Crippen molar-refractivity contribution in [2.45, 2.75) is 32.2 Å². The number of aryl methyl sites for hydroxylation is 1. The molecule has 3 aliphatic heterocycles. The number of carbonyl (C=O) groups is 1. The smallest absolute Gasteiger partial charge is 0.258 e. The van der Waals surface area contributed by atoms with Crippen molar-refractivity contribution in [2.75, 3.05) is 42.5 Å². The Morgan fingerprint density at radius 3 is 2.66 bits per heavy atom. The van der Waals surface area contributed by atoms with E-state index in [1.807, 2.05) is 41.6 Å². The van der Waals surface area contributed by atoms with E-state index in [1.165, 1.54) is 30.6 Å². The number of hydrogen-bond donors (Lipinski definition) is 0. The van der Waals surface area contributed by atoms with E-state index in [1.54, 1.807) is 0 Å². The number of nitrogens with zero attached hydrogens (tertiary/aromatic N) is 5. The van der Waals surface area contributed by atoms with Gasteiger partial charge in [-0.2, -0.15) is 0 Å². The van der Waals surface area contributed by atoms with Gasteiger partial charge in [0.05, 0.1) is 11.2 Å². The Balaban J connectivity index is 1.19. The molecule has 6 nitrogen and oxygen atoms in total. The summed E-state index contributed by atoms with van der Waals surface area (Å²) < 4.78 is 0. The number of amides is 1. The van der Waals surface area contributed by atoms with E-state index in [2.05, 4.69) is 64.2 Å². The molecule has 41 heavy (non-hydrogen) atoms. The fourth-order valence-electron chi connectivity index (χ4n) is 7.33. The van der Waals surface area contributed by atoms with Crippen LogP contribution in [0.1, 0.15) is 34.3 Å². The van der Waals surface area contributed by atoms with Crippen LogP contribution in [0.5, 0.6) is 0 Å². The Morgan fingerprint density at radius 1 is 0.829 bits per heavy atom. The van der Waals surface area contributed by atoms with E-state index < -0.39 is 0 Å². The van der Waals surface area contributed by atoms with Crippen molar-refractivity contribution in [3.05, 3.63) is 95.8 Å². The number of carbonyl (C=O) groups excluding carboxylic acids is 1. The van der Waals surface area contributed by atoms with Crippen LogP contribution in [-0.2, 0) is 6.42 Å². The summed E-state index contributed by atoms with van der Waals surface area (Å²) in [4.78, 5) is 30.8. The first-order valence-electron chi connectivity index (χ1n) is 14.8. The van der Waals surface area contributed by atoms with Crippen molar-refractivity contribution in [1.29, 1.82) is 0 Å². The van der Waals surface area contributed by atoms with Crippen LogP contribution < -0.4 is 9.80 Å². The van der Waals surface area contributed by atoms with Gasteiger partial charge in [0.2, 0.25) is 0 Å². The Hall–Kier alpha value is -4.29. The van der Waals surface area contributed by atoms with Crippen molar-refractivity contribution in [2.24, 2.45) is 0 Å². The van der Waals surface area contributed by atoms with Crippen LogP contribution in [0.4, 0.5) is 11.4 Å². The van der Waals surface area contributed by atoms with Gasteiger partial charge in [-0.25, -0.2) is 0 Å². The van der Waals surface area contributed by atoms with Crippen LogP contribution in [0, 0.1) is 6.92 Å². The molecule has 0 N–H and O–H groups in total. The third kappa shape index (κ3) is 4.00. The molecule has 1 amide bonds. The number of aromatic nitrogens is 2. The van der Waals surface area contributed by atoms with Crippen LogP contribution in [0.3, 0.4) is 0 Å². The first-order valence-corrected chi connectivity index (χ1v) is 14.8. The maximum Gasteiger partial charge on any atom is 0.258 e. The molecule has 1 atom stereocenters. The summed E-state index contributed by atoms with van der Waals surface area (Å²) in [5, 5.41) is 3.16. The van der Waals surface area contributed by atoms with Crippen LogP contribution in [0.15, 0.2) is 79.1 Å². The molecular weight excluding hydrogens is 506 g/mol. The van der Waals surface area contributed by atoms with Gasteiger partial charge in [0.25, 0.3) is 5.91 Å². The van der Waals surface area contributed by atoms with E-state index in [0.29, 0.717) is 12.6 Å². The van der Waals surface area contributed by atoms with E-state index in [-0.39, 0.29) is 5.91 Å². The highest BCUT2D eigenvalue weighted by molar-refractivity contribution is 6.17. The summed E-state index contributed by atoms with van der Waals surface area (Å²) in [5.74, 6) is 0.0496. The lowest BCUT2D eigenvalue weighted by Gasteiger charge is -2.39. The summed E-state index contributed by atoms with van der Waals surface area (Å²) >= 11 is 0. The second-order valence-corrected chi connectivity index (χ2v) is 11.7. The minimum absolute atomic E-state index is 0.0496. The predicted octanol–water partition coefficient (Wildman–Crippen LogP) is 6.25. The average Bonchev–Trinajstić information content (AvgIpc) is 3.65. The molecule has 0 saturated carbocycles. The summed E-state index contributed by atoms with van der Waals surface area (Å²) in [6.45, 7) is 7.20. The van der Waals surface area contributed by atoms with Gasteiger partial charge in [-0.3, -0.25) is 19.7 Å². The lowest BCUT2D eigenvalue weighted by molar-refractivity contribution is 0.0991.